The van der Waals surface area contributed by atoms with Crippen LogP contribution in [0.1, 0.15) is 92.1 Å². The molecule has 264 valence electrons. The van der Waals surface area contributed by atoms with Gasteiger partial charge in [-0.25, -0.2) is 13.1 Å². The summed E-state index contributed by atoms with van der Waals surface area (Å²) < 4.78 is 40.5. The van der Waals surface area contributed by atoms with Gasteiger partial charge in [0.1, 0.15) is 5.75 Å². The molecule has 8 rings (SSSR count). The van der Waals surface area contributed by atoms with Crippen LogP contribution in [0.2, 0.25) is 0 Å². The zero-order chi connectivity index (χ0) is 33.4. The zero-order valence-corrected chi connectivity index (χ0v) is 29.0. The van der Waals surface area contributed by atoms with Gasteiger partial charge in [-0.2, -0.15) is 0 Å². The van der Waals surface area contributed by atoms with Crippen molar-refractivity contribution in [3.05, 3.63) is 53.1 Å². The molecule has 2 aromatic carbocycles. The number of nitrogens with one attached hydrogen (secondary N) is 1. The number of piperazine rings is 1. The van der Waals surface area contributed by atoms with Crippen LogP contribution in [0.25, 0.3) is 22.2 Å². The second-order valence-corrected chi connectivity index (χ2v) is 16.7. The van der Waals surface area contributed by atoms with Crippen LogP contribution in [-0.4, -0.2) is 93.4 Å². The summed E-state index contributed by atoms with van der Waals surface area (Å²) >= 11 is 0. The Labute approximate surface area is 290 Å². The Bertz CT molecular complexity index is 1880. The Kier molecular flexibility index (Phi) is 8.85. The van der Waals surface area contributed by atoms with Gasteiger partial charge in [-0.15, -0.1) is 0 Å². The van der Waals surface area contributed by atoms with Crippen molar-refractivity contribution >= 4 is 32.7 Å². The van der Waals surface area contributed by atoms with Gasteiger partial charge in [0, 0.05) is 66.8 Å². The van der Waals surface area contributed by atoms with Gasteiger partial charge in [-0.05, 0) is 86.5 Å². The van der Waals surface area contributed by atoms with Crippen molar-refractivity contribution in [3.8, 4) is 17.0 Å². The first kappa shape index (κ1) is 34.1. The highest BCUT2D eigenvalue weighted by Gasteiger charge is 2.65. The van der Waals surface area contributed by atoms with Crippen LogP contribution in [0.3, 0.4) is 0 Å². The lowest BCUT2D eigenvalue weighted by Crippen LogP contribution is -2.57. The van der Waals surface area contributed by atoms with Gasteiger partial charge in [0.2, 0.25) is 15.9 Å². The Balaban J connectivity index is 0.00000378. The molecule has 3 aliphatic heterocycles. The number of aromatic nitrogens is 1. The summed E-state index contributed by atoms with van der Waals surface area (Å²) in [5, 5.41) is 1.08. The Morgan fingerprint density at radius 2 is 1.71 bits per heavy atom. The standard InChI is InChI=1S/C37H46N4O6S.CH4/c1-39-20-25-10-11-26(21-39)41(25)36(43)37-19-31(37)30-18-27(47-3)12-14-28(30)34-33(23-7-5-4-6-8-23)29-13-9-24(17-32(29)40(34)22-37)35(42)38-48(44,45)16-15-46-2;/h9,12-14,17-18,23,25-26,31H,4-8,10-11,15-16,19-22H2,1-3H3,(H,38,42);1H4/t25?,26?,31-,37-;/m0./s1. The highest BCUT2D eigenvalue weighted by molar-refractivity contribution is 7.90. The molecule has 2 aliphatic carbocycles. The van der Waals surface area contributed by atoms with Crippen molar-refractivity contribution in [2.45, 2.75) is 89.3 Å². The molecule has 11 heteroatoms. The number of sulfonamides is 1. The van der Waals surface area contributed by atoms with Crippen LogP contribution in [0.5, 0.6) is 5.75 Å². The summed E-state index contributed by atoms with van der Waals surface area (Å²) in [6.45, 7) is 2.33. The van der Waals surface area contributed by atoms with E-state index in [1.807, 2.05) is 18.2 Å². The number of benzene rings is 2. The number of nitrogens with zero attached hydrogens (tertiary/aromatic N) is 3. The lowest BCUT2D eigenvalue weighted by molar-refractivity contribution is -0.143. The molecule has 0 spiro atoms. The van der Waals surface area contributed by atoms with E-state index < -0.39 is 21.3 Å². The molecule has 10 nitrogen and oxygen atoms in total. The Morgan fingerprint density at radius 1 is 0.980 bits per heavy atom. The molecule has 2 saturated carbocycles. The Hall–Kier alpha value is -3.41. The summed E-state index contributed by atoms with van der Waals surface area (Å²) in [5.41, 5.74) is 5.31. The van der Waals surface area contributed by atoms with Gasteiger partial charge in [0.05, 0.1) is 30.6 Å². The third-order valence-electron chi connectivity index (χ3n) is 11.9. The number of carbonyl (C=O) groups is 2. The van der Waals surface area contributed by atoms with E-state index in [2.05, 4.69) is 38.3 Å². The molecule has 1 aromatic heterocycles. The third kappa shape index (κ3) is 5.66. The van der Waals surface area contributed by atoms with Crippen LogP contribution in [0.15, 0.2) is 36.4 Å². The number of likely N-dealkylation sites (N-methyl/N-ethyl adjacent to an activating group) is 1. The van der Waals surface area contributed by atoms with Gasteiger partial charge in [-0.3, -0.25) is 9.59 Å². The minimum atomic E-state index is -3.87. The molecule has 49 heavy (non-hydrogen) atoms. The fourth-order valence-corrected chi connectivity index (χ4v) is 10.5. The zero-order valence-electron chi connectivity index (χ0n) is 28.2. The molecular weight excluding hydrogens is 641 g/mol. The molecule has 2 amide bonds. The average molecular weight is 691 g/mol. The molecule has 2 saturated heterocycles. The molecule has 3 aromatic rings. The predicted molar refractivity (Wildman–Crippen MR) is 191 cm³/mol. The number of amides is 2. The van der Waals surface area contributed by atoms with Crippen LogP contribution < -0.4 is 9.46 Å². The van der Waals surface area contributed by atoms with E-state index in [0.29, 0.717) is 12.5 Å². The highest BCUT2D eigenvalue weighted by Crippen LogP contribution is 2.66. The van der Waals surface area contributed by atoms with Crippen LogP contribution in [0.4, 0.5) is 0 Å². The van der Waals surface area contributed by atoms with E-state index in [9.17, 15) is 18.0 Å². The van der Waals surface area contributed by atoms with Crippen molar-refractivity contribution in [2.75, 3.05) is 46.7 Å². The smallest absolute Gasteiger partial charge is 0.264 e. The maximum Gasteiger partial charge on any atom is 0.264 e. The molecule has 4 fully saturated rings. The second-order valence-electron chi connectivity index (χ2n) is 14.8. The first-order valence-electron chi connectivity index (χ1n) is 17.5. The molecular formula is C38H50N4O6S. The average Bonchev–Trinajstić information content (AvgIpc) is 3.67. The molecule has 2 bridgehead atoms. The van der Waals surface area contributed by atoms with Gasteiger partial charge >= 0.3 is 0 Å². The summed E-state index contributed by atoms with van der Waals surface area (Å²) in [5.74, 6) is 0.514. The van der Waals surface area contributed by atoms with E-state index in [-0.39, 0.29) is 49.3 Å². The molecule has 2 unspecified atom stereocenters. The quantitative estimate of drug-likeness (QED) is 0.333. The molecule has 4 heterocycles. The van der Waals surface area contributed by atoms with Crippen molar-refractivity contribution in [1.29, 1.82) is 0 Å². The predicted octanol–water partition coefficient (Wildman–Crippen LogP) is 5.50. The molecule has 0 radical (unpaired) electrons. The summed E-state index contributed by atoms with van der Waals surface area (Å²) in [7, 11) is 1.41. The van der Waals surface area contributed by atoms with Gasteiger partial charge in [0.15, 0.2) is 0 Å². The fourth-order valence-electron chi connectivity index (χ4n) is 9.57. The van der Waals surface area contributed by atoms with Crippen molar-refractivity contribution in [3.63, 3.8) is 0 Å². The van der Waals surface area contributed by atoms with E-state index in [4.69, 9.17) is 9.47 Å². The van der Waals surface area contributed by atoms with Crippen LogP contribution in [0, 0.1) is 5.41 Å². The fraction of sp³-hybridized carbons (Fsp3) is 0.579. The van der Waals surface area contributed by atoms with Gasteiger partial charge in [-0.1, -0.05) is 32.8 Å². The summed E-state index contributed by atoms with van der Waals surface area (Å²) in [6.07, 6.45) is 8.61. The molecule has 1 N–H and O–H groups in total. The van der Waals surface area contributed by atoms with E-state index in [1.165, 1.54) is 37.5 Å². The van der Waals surface area contributed by atoms with Crippen molar-refractivity contribution in [1.82, 2.24) is 19.1 Å². The number of likely N-dealkylation sites (tertiary alicyclic amines) is 1. The summed E-state index contributed by atoms with van der Waals surface area (Å²) in [6, 6.07) is 12.4. The number of ether oxygens (including phenoxy) is 2. The SMILES string of the molecule is C.COCCS(=O)(=O)NC(=O)c1ccc2c(C3CCCCC3)c3n(c2c1)C[C@@]1(C(=O)N2C4CCC2CN(C)C4)C[C@H]1c1cc(OC)ccc1-3. The van der Waals surface area contributed by atoms with Crippen molar-refractivity contribution in [2.24, 2.45) is 5.41 Å². The lowest BCUT2D eigenvalue weighted by Gasteiger charge is -2.41. The normalized spacial score (nSPS) is 26.3. The number of hydrogen-bond donors (Lipinski definition) is 1. The maximum atomic E-state index is 15.0. The highest BCUT2D eigenvalue weighted by atomic mass is 32.2. The van der Waals surface area contributed by atoms with Gasteiger partial charge in [0.25, 0.3) is 5.91 Å². The first-order chi connectivity index (χ1) is 23.1. The second kappa shape index (κ2) is 12.7. The Morgan fingerprint density at radius 3 is 2.41 bits per heavy atom. The van der Waals surface area contributed by atoms with Crippen molar-refractivity contribution < 1.29 is 27.5 Å². The number of methoxy groups -OCH3 is 2. The minimum Gasteiger partial charge on any atom is -0.497 e. The number of carbonyl (C=O) groups excluding carboxylic acids is 2. The van der Waals surface area contributed by atoms with Gasteiger partial charge < -0.3 is 23.8 Å². The largest absolute Gasteiger partial charge is 0.497 e. The minimum absolute atomic E-state index is 0. The monoisotopic (exact) mass is 690 g/mol. The molecule has 5 aliphatic rings. The number of fused-ring (bicyclic) bond motifs is 9. The van der Waals surface area contributed by atoms with E-state index >= 15 is 0 Å². The lowest BCUT2D eigenvalue weighted by atomic mass is 9.81. The topological polar surface area (TPSA) is 110 Å². The van der Waals surface area contributed by atoms with E-state index in [1.54, 1.807) is 13.2 Å². The van der Waals surface area contributed by atoms with Crippen LogP contribution >= 0.6 is 0 Å². The van der Waals surface area contributed by atoms with E-state index in [0.717, 1.165) is 73.1 Å². The number of rotatable bonds is 8. The summed E-state index contributed by atoms with van der Waals surface area (Å²) in [4.78, 5) is 33.0. The van der Waals surface area contributed by atoms with Crippen LogP contribution in [-0.2, 0) is 26.1 Å². The third-order valence-corrected chi connectivity index (χ3v) is 13.1. The maximum absolute atomic E-state index is 15.0. The number of hydrogen-bond acceptors (Lipinski definition) is 7. The first-order valence-corrected chi connectivity index (χ1v) is 19.2. The molecule has 4 atom stereocenters.